The Balaban J connectivity index is 2.00. The van der Waals surface area contributed by atoms with Crippen LogP contribution in [0.15, 0.2) is 21.4 Å². The van der Waals surface area contributed by atoms with Gasteiger partial charge in [0.15, 0.2) is 15.0 Å². The van der Waals surface area contributed by atoms with Crippen molar-refractivity contribution in [2.75, 3.05) is 11.5 Å². The molecule has 0 N–H and O–H groups in total. The molecule has 0 bridgehead atoms. The molecule has 0 unspecified atom stereocenters. The second-order valence-corrected chi connectivity index (χ2v) is 8.78. The summed E-state index contributed by atoms with van der Waals surface area (Å²) in [5.41, 5.74) is 0.619. The van der Waals surface area contributed by atoms with Crippen LogP contribution in [0.5, 0.6) is 0 Å². The minimum Gasteiger partial charge on any atom is -0.281 e. The van der Waals surface area contributed by atoms with E-state index in [1.807, 2.05) is 11.4 Å². The molecule has 1 fully saturated rings. The second-order valence-electron chi connectivity index (χ2n) is 4.51. The zero-order valence-corrected chi connectivity index (χ0v) is 11.5. The van der Waals surface area contributed by atoms with Crippen molar-refractivity contribution in [1.29, 1.82) is 0 Å². The van der Waals surface area contributed by atoms with Crippen molar-refractivity contribution in [3.8, 4) is 0 Å². The molecule has 1 saturated heterocycles. The van der Waals surface area contributed by atoms with Gasteiger partial charge in [0.05, 0.1) is 23.1 Å². The summed E-state index contributed by atoms with van der Waals surface area (Å²) in [5, 5.41) is 2.45. The normalized spacial score (nSPS) is 28.4. The SMILES string of the molecule is O=c1c2sccc2nc2n1[C@@H]1CS(=O)(=O)C[C@@H]1S2. The Hall–Kier alpha value is -0.860. The predicted molar refractivity (Wildman–Crippen MR) is 71.2 cm³/mol. The van der Waals surface area contributed by atoms with Gasteiger partial charge in [-0.05, 0) is 11.4 Å². The molecule has 0 aliphatic carbocycles. The predicted octanol–water partition coefficient (Wildman–Crippen LogP) is 0.902. The van der Waals surface area contributed by atoms with Gasteiger partial charge in [-0.3, -0.25) is 9.36 Å². The molecule has 94 valence electrons. The Morgan fingerprint density at radius 1 is 1.39 bits per heavy atom. The quantitative estimate of drug-likeness (QED) is 0.676. The first-order valence-electron chi connectivity index (χ1n) is 5.42. The fourth-order valence-electron chi connectivity index (χ4n) is 2.57. The lowest BCUT2D eigenvalue weighted by Crippen LogP contribution is -2.26. The van der Waals surface area contributed by atoms with E-state index >= 15 is 0 Å². The minimum absolute atomic E-state index is 0.0493. The minimum atomic E-state index is -3.01. The van der Waals surface area contributed by atoms with Crippen molar-refractivity contribution in [3.05, 3.63) is 21.8 Å². The van der Waals surface area contributed by atoms with E-state index in [1.54, 1.807) is 4.57 Å². The van der Waals surface area contributed by atoms with Gasteiger partial charge in [-0.15, -0.1) is 11.3 Å². The van der Waals surface area contributed by atoms with Gasteiger partial charge in [-0.25, -0.2) is 13.4 Å². The lowest BCUT2D eigenvalue weighted by molar-refractivity contribution is 0.525. The van der Waals surface area contributed by atoms with Crippen LogP contribution in [0.4, 0.5) is 0 Å². The number of rotatable bonds is 0. The zero-order chi connectivity index (χ0) is 12.5. The number of hydrogen-bond donors (Lipinski definition) is 0. The number of thiophene rings is 1. The Bertz CT molecular complexity index is 820. The van der Waals surface area contributed by atoms with Crippen LogP contribution >= 0.6 is 23.1 Å². The second kappa shape index (κ2) is 3.37. The molecular weight excluding hydrogens is 292 g/mol. The maximum Gasteiger partial charge on any atom is 0.272 e. The molecule has 2 atom stereocenters. The van der Waals surface area contributed by atoms with Gasteiger partial charge in [0.25, 0.3) is 5.56 Å². The lowest BCUT2D eigenvalue weighted by atomic mass is 10.2. The van der Waals surface area contributed by atoms with Crippen LogP contribution in [-0.2, 0) is 9.84 Å². The molecule has 0 amide bonds. The molecule has 18 heavy (non-hydrogen) atoms. The van der Waals surface area contributed by atoms with E-state index < -0.39 is 9.84 Å². The molecule has 8 heteroatoms. The highest BCUT2D eigenvalue weighted by atomic mass is 32.2. The van der Waals surface area contributed by atoms with Crippen molar-refractivity contribution in [2.45, 2.75) is 16.4 Å². The van der Waals surface area contributed by atoms with Gasteiger partial charge < -0.3 is 0 Å². The van der Waals surface area contributed by atoms with Gasteiger partial charge in [0.1, 0.15) is 4.70 Å². The van der Waals surface area contributed by atoms with Crippen molar-refractivity contribution >= 4 is 43.2 Å². The maximum absolute atomic E-state index is 12.4. The third-order valence-electron chi connectivity index (χ3n) is 3.34. The Morgan fingerprint density at radius 3 is 3.06 bits per heavy atom. The summed E-state index contributed by atoms with van der Waals surface area (Å²) in [7, 11) is -3.01. The highest BCUT2D eigenvalue weighted by Gasteiger charge is 2.46. The van der Waals surface area contributed by atoms with Crippen LogP contribution in [0.3, 0.4) is 0 Å². The maximum atomic E-state index is 12.4. The standard InChI is InChI=1S/C10H8N2O3S3/c13-9-8-5(1-2-16-8)11-10-12(9)6-3-18(14,15)4-7(6)17-10/h1-2,6-7H,3-4H2/t6-,7+/m1/s1. The molecule has 2 aliphatic rings. The van der Waals surface area contributed by atoms with E-state index in [0.29, 0.717) is 15.4 Å². The van der Waals surface area contributed by atoms with Crippen molar-refractivity contribution in [1.82, 2.24) is 9.55 Å². The molecule has 2 aliphatic heterocycles. The van der Waals surface area contributed by atoms with E-state index in [2.05, 4.69) is 4.98 Å². The molecular formula is C10H8N2O3S3. The summed E-state index contributed by atoms with van der Waals surface area (Å²) in [6.45, 7) is 0. The van der Waals surface area contributed by atoms with Crippen LogP contribution in [0.2, 0.25) is 0 Å². The molecule has 5 nitrogen and oxygen atoms in total. The fourth-order valence-corrected chi connectivity index (χ4v) is 7.24. The average molecular weight is 300 g/mol. The summed E-state index contributed by atoms with van der Waals surface area (Å²) in [5.74, 6) is 0.217. The Labute approximate surface area is 111 Å². The number of hydrogen-bond acceptors (Lipinski definition) is 6. The zero-order valence-electron chi connectivity index (χ0n) is 9.07. The first-order valence-corrected chi connectivity index (χ1v) is 9.00. The van der Waals surface area contributed by atoms with Crippen LogP contribution < -0.4 is 5.56 Å². The molecule has 0 spiro atoms. The highest BCUT2D eigenvalue weighted by molar-refractivity contribution is 8.02. The van der Waals surface area contributed by atoms with E-state index in [1.165, 1.54) is 23.1 Å². The third-order valence-corrected chi connectivity index (χ3v) is 7.44. The first kappa shape index (κ1) is 11.0. The van der Waals surface area contributed by atoms with E-state index in [9.17, 15) is 13.2 Å². The molecule has 4 rings (SSSR count). The highest BCUT2D eigenvalue weighted by Crippen LogP contribution is 2.43. The monoisotopic (exact) mass is 300 g/mol. The van der Waals surface area contributed by atoms with Crippen LogP contribution in [0.1, 0.15) is 6.04 Å². The summed E-state index contributed by atoms with van der Waals surface area (Å²) >= 11 is 2.78. The molecule has 2 aromatic rings. The van der Waals surface area contributed by atoms with Gasteiger partial charge >= 0.3 is 0 Å². The van der Waals surface area contributed by atoms with Crippen LogP contribution in [-0.4, -0.2) is 34.7 Å². The summed E-state index contributed by atoms with van der Waals surface area (Å²) in [6.07, 6.45) is 0. The summed E-state index contributed by atoms with van der Waals surface area (Å²) in [4.78, 5) is 16.8. The molecule has 0 radical (unpaired) electrons. The Kier molecular flexibility index (Phi) is 2.06. The fraction of sp³-hybridized carbons (Fsp3) is 0.400. The molecule has 0 saturated carbocycles. The Morgan fingerprint density at radius 2 is 2.22 bits per heavy atom. The van der Waals surface area contributed by atoms with Gasteiger partial charge in [-0.1, -0.05) is 11.8 Å². The van der Waals surface area contributed by atoms with E-state index in [0.717, 1.165) is 0 Å². The summed E-state index contributed by atoms with van der Waals surface area (Å²) in [6, 6.07) is 1.59. The van der Waals surface area contributed by atoms with Gasteiger partial charge in [-0.2, -0.15) is 0 Å². The molecule has 4 heterocycles. The van der Waals surface area contributed by atoms with Crippen LogP contribution in [0.25, 0.3) is 10.2 Å². The molecule has 2 aromatic heterocycles. The topological polar surface area (TPSA) is 69.0 Å². The molecule has 0 aromatic carbocycles. The van der Waals surface area contributed by atoms with Gasteiger partial charge in [0.2, 0.25) is 0 Å². The number of aromatic nitrogens is 2. The lowest BCUT2D eigenvalue weighted by Gasteiger charge is -2.09. The van der Waals surface area contributed by atoms with E-state index in [-0.39, 0.29) is 28.4 Å². The van der Waals surface area contributed by atoms with Crippen molar-refractivity contribution in [3.63, 3.8) is 0 Å². The number of fused-ring (bicyclic) bond motifs is 4. The largest absolute Gasteiger partial charge is 0.281 e. The number of nitrogens with zero attached hydrogens (tertiary/aromatic N) is 2. The van der Waals surface area contributed by atoms with Crippen molar-refractivity contribution in [2.24, 2.45) is 0 Å². The van der Waals surface area contributed by atoms with Crippen molar-refractivity contribution < 1.29 is 8.42 Å². The van der Waals surface area contributed by atoms with Gasteiger partial charge in [0, 0.05) is 5.25 Å². The van der Waals surface area contributed by atoms with Crippen LogP contribution in [0, 0.1) is 0 Å². The first-order chi connectivity index (χ1) is 8.55. The average Bonchev–Trinajstić information content (AvgIpc) is 2.90. The van der Waals surface area contributed by atoms with E-state index in [4.69, 9.17) is 0 Å². The third kappa shape index (κ3) is 1.36. The smallest absolute Gasteiger partial charge is 0.272 e. The number of thioether (sulfide) groups is 1. The summed E-state index contributed by atoms with van der Waals surface area (Å²) < 4.78 is 25.5. The number of sulfone groups is 1.